The summed E-state index contributed by atoms with van der Waals surface area (Å²) >= 11 is 1.59. The van der Waals surface area contributed by atoms with E-state index in [9.17, 15) is 22.8 Å². The van der Waals surface area contributed by atoms with E-state index in [4.69, 9.17) is 0 Å². The van der Waals surface area contributed by atoms with E-state index in [0.29, 0.717) is 26.2 Å². The minimum atomic E-state index is -4.61. The smallest absolute Gasteiger partial charge is 0.353 e. The van der Waals surface area contributed by atoms with Gasteiger partial charge in [0.15, 0.2) is 0 Å². The van der Waals surface area contributed by atoms with Gasteiger partial charge in [-0.2, -0.15) is 13.2 Å². The zero-order chi connectivity index (χ0) is 26.0. The lowest BCUT2D eigenvalue weighted by molar-refractivity contribution is -0.138. The van der Waals surface area contributed by atoms with Gasteiger partial charge in [0.25, 0.3) is 5.91 Å². The highest BCUT2D eigenvalue weighted by Crippen LogP contribution is 2.34. The Labute approximate surface area is 218 Å². The highest BCUT2D eigenvalue weighted by atomic mass is 32.1. The molecule has 3 aromatic heterocycles. The van der Waals surface area contributed by atoms with Crippen molar-refractivity contribution in [3.63, 3.8) is 0 Å². The third-order valence-electron chi connectivity index (χ3n) is 6.28. The van der Waals surface area contributed by atoms with Crippen LogP contribution in [0, 0.1) is 0 Å². The Kier molecular flexibility index (Phi) is 7.24. The monoisotopic (exact) mass is 552 g/mol. The normalized spacial score (nSPS) is 17.2. The van der Waals surface area contributed by atoms with Crippen LogP contribution in [-0.4, -0.2) is 81.2 Å². The summed E-state index contributed by atoms with van der Waals surface area (Å²) in [6.45, 7) is 3.93. The molecule has 0 aromatic carbocycles. The summed E-state index contributed by atoms with van der Waals surface area (Å²) in [5, 5.41) is 9.74. The first-order valence-corrected chi connectivity index (χ1v) is 13.3. The fraction of sp³-hybridized carbons (Fsp3) is 0.455. The molecule has 10 nitrogen and oxygen atoms in total. The molecule has 5 heterocycles. The van der Waals surface area contributed by atoms with Crippen LogP contribution in [0.2, 0.25) is 0 Å². The first-order valence-electron chi connectivity index (χ1n) is 11.7. The molecule has 0 bridgehead atoms. The number of likely N-dealkylation sites (tertiary alicyclic amines) is 1. The van der Waals surface area contributed by atoms with Crippen LogP contribution in [0.5, 0.6) is 0 Å². The Morgan fingerprint density at radius 3 is 2.38 bits per heavy atom. The van der Waals surface area contributed by atoms with Crippen LogP contribution >= 0.6 is 22.7 Å². The van der Waals surface area contributed by atoms with Crippen LogP contribution in [0.1, 0.15) is 39.3 Å². The highest BCUT2D eigenvalue weighted by molar-refractivity contribution is 7.15. The molecule has 2 fully saturated rings. The number of piperazine rings is 1. The van der Waals surface area contributed by atoms with Crippen molar-refractivity contribution in [1.82, 2.24) is 30.0 Å². The fourth-order valence-corrected chi connectivity index (χ4v) is 5.89. The van der Waals surface area contributed by atoms with Gasteiger partial charge in [0.05, 0.1) is 5.01 Å². The summed E-state index contributed by atoms with van der Waals surface area (Å²) in [6.07, 6.45) is -1.40. The van der Waals surface area contributed by atoms with E-state index in [2.05, 4.69) is 30.4 Å². The number of carbonyl (C=O) groups excluding carboxylic acids is 2. The Morgan fingerprint density at radius 2 is 1.73 bits per heavy atom. The van der Waals surface area contributed by atoms with Crippen molar-refractivity contribution in [2.24, 2.45) is 0 Å². The van der Waals surface area contributed by atoms with Crippen LogP contribution in [0.25, 0.3) is 0 Å². The summed E-state index contributed by atoms with van der Waals surface area (Å²) in [5.41, 5.74) is 0.119. The Bertz CT molecular complexity index is 1240. The van der Waals surface area contributed by atoms with E-state index in [1.165, 1.54) is 11.3 Å². The Hall–Kier alpha value is -3.33. The zero-order valence-electron chi connectivity index (χ0n) is 19.5. The number of urea groups is 1. The predicted octanol–water partition coefficient (Wildman–Crippen LogP) is 3.78. The number of amides is 3. The van der Waals surface area contributed by atoms with Gasteiger partial charge >= 0.3 is 12.2 Å². The summed E-state index contributed by atoms with van der Waals surface area (Å²) in [6, 6.07) is 5.84. The third-order valence-corrected chi connectivity index (χ3v) is 8.17. The second-order valence-electron chi connectivity index (χ2n) is 8.64. The van der Waals surface area contributed by atoms with Gasteiger partial charge in [-0.25, -0.2) is 14.8 Å². The second kappa shape index (κ2) is 10.6. The van der Waals surface area contributed by atoms with Gasteiger partial charge in [0, 0.05) is 56.8 Å². The number of pyridine rings is 1. The van der Waals surface area contributed by atoms with Crippen molar-refractivity contribution < 1.29 is 22.8 Å². The van der Waals surface area contributed by atoms with Crippen molar-refractivity contribution >= 4 is 45.6 Å². The maximum absolute atomic E-state index is 13.0. The molecule has 37 heavy (non-hydrogen) atoms. The summed E-state index contributed by atoms with van der Waals surface area (Å²) in [4.78, 5) is 40.2. The maximum atomic E-state index is 13.0. The second-order valence-corrected chi connectivity index (χ2v) is 10.5. The van der Waals surface area contributed by atoms with Crippen LogP contribution in [0.3, 0.4) is 0 Å². The molecule has 1 N–H and O–H groups in total. The van der Waals surface area contributed by atoms with E-state index >= 15 is 0 Å². The number of rotatable bonds is 4. The van der Waals surface area contributed by atoms with Crippen LogP contribution < -0.4 is 10.2 Å². The number of anilines is 2. The largest absolute Gasteiger partial charge is 0.445 e. The lowest BCUT2D eigenvalue weighted by atomic mass is 9.98. The molecular formula is C22H23F3N8O2S2. The maximum Gasteiger partial charge on any atom is 0.445 e. The van der Waals surface area contributed by atoms with E-state index in [1.807, 2.05) is 28.0 Å². The Balaban J connectivity index is 1.10. The number of thiazole rings is 1. The summed E-state index contributed by atoms with van der Waals surface area (Å²) < 4.78 is 38.1. The molecule has 2 aliphatic heterocycles. The van der Waals surface area contributed by atoms with E-state index in [0.717, 1.165) is 36.8 Å². The number of nitrogens with zero attached hydrogens (tertiary/aromatic N) is 7. The average Bonchev–Trinajstić information content (AvgIpc) is 3.60. The SMILES string of the molecule is O=C(Nc1nnc(C(F)(F)F)s1)c1csc(C2CCN(C(=O)N3CCN(c4ccccn4)CC3)CC2)n1. The number of alkyl halides is 3. The van der Waals surface area contributed by atoms with Gasteiger partial charge in [-0.3, -0.25) is 10.1 Å². The van der Waals surface area contributed by atoms with E-state index < -0.39 is 17.1 Å². The Morgan fingerprint density at radius 1 is 1.00 bits per heavy atom. The van der Waals surface area contributed by atoms with Gasteiger partial charge in [0.1, 0.15) is 11.5 Å². The van der Waals surface area contributed by atoms with Gasteiger partial charge in [0.2, 0.25) is 10.1 Å². The molecule has 2 aliphatic rings. The molecule has 0 spiro atoms. The van der Waals surface area contributed by atoms with Crippen molar-refractivity contribution in [2.75, 3.05) is 49.5 Å². The molecular weight excluding hydrogens is 529 g/mol. The number of hydrogen-bond acceptors (Lipinski definition) is 9. The van der Waals surface area contributed by atoms with Crippen LogP contribution in [0.4, 0.5) is 28.9 Å². The standard InChI is InChI=1S/C22H23F3N8O2S2/c23-22(24,25)19-29-30-20(37-19)28-17(34)15-13-36-18(27-15)14-4-7-32(8-5-14)21(35)33-11-9-31(10-12-33)16-3-1-2-6-26-16/h1-3,6,13-14H,4-5,7-12H2,(H,28,30,34). The van der Waals surface area contributed by atoms with Gasteiger partial charge in [-0.15, -0.1) is 21.5 Å². The van der Waals surface area contributed by atoms with Crippen molar-refractivity contribution in [3.8, 4) is 0 Å². The summed E-state index contributed by atoms with van der Waals surface area (Å²) in [7, 11) is 0. The number of halogens is 3. The van der Waals surface area contributed by atoms with Crippen LogP contribution in [-0.2, 0) is 6.18 Å². The molecule has 0 radical (unpaired) electrons. The number of aromatic nitrogens is 4. The van der Waals surface area contributed by atoms with E-state index in [-0.39, 0.29) is 34.1 Å². The first-order chi connectivity index (χ1) is 17.8. The quantitative estimate of drug-likeness (QED) is 0.525. The van der Waals surface area contributed by atoms with Crippen molar-refractivity contribution in [1.29, 1.82) is 0 Å². The lowest BCUT2D eigenvalue weighted by Crippen LogP contribution is -2.54. The number of hydrogen-bond donors (Lipinski definition) is 1. The molecule has 0 atom stereocenters. The molecule has 2 saturated heterocycles. The van der Waals surface area contributed by atoms with Gasteiger partial charge < -0.3 is 14.7 Å². The average molecular weight is 553 g/mol. The van der Waals surface area contributed by atoms with Gasteiger partial charge in [-0.1, -0.05) is 17.4 Å². The lowest BCUT2D eigenvalue weighted by Gasteiger charge is -2.39. The molecule has 3 aromatic rings. The van der Waals surface area contributed by atoms with Crippen molar-refractivity contribution in [3.05, 3.63) is 45.5 Å². The first kappa shape index (κ1) is 25.3. The highest BCUT2D eigenvalue weighted by Gasteiger charge is 2.36. The fourth-order valence-electron chi connectivity index (χ4n) is 4.31. The number of piperidine rings is 1. The molecule has 15 heteroatoms. The van der Waals surface area contributed by atoms with Crippen LogP contribution in [0.15, 0.2) is 29.8 Å². The predicted molar refractivity (Wildman–Crippen MR) is 132 cm³/mol. The molecule has 3 amide bonds. The third kappa shape index (κ3) is 5.82. The van der Waals surface area contributed by atoms with Gasteiger partial charge in [-0.05, 0) is 25.0 Å². The zero-order valence-corrected chi connectivity index (χ0v) is 21.2. The minimum Gasteiger partial charge on any atom is -0.353 e. The number of carbonyl (C=O) groups is 2. The topological polar surface area (TPSA) is 107 Å². The minimum absolute atomic E-state index is 0.0357. The number of nitrogens with one attached hydrogen (secondary N) is 1. The van der Waals surface area contributed by atoms with E-state index in [1.54, 1.807) is 11.6 Å². The van der Waals surface area contributed by atoms with Crippen molar-refractivity contribution in [2.45, 2.75) is 24.9 Å². The molecule has 5 rings (SSSR count). The molecule has 0 aliphatic carbocycles. The molecule has 196 valence electrons. The molecule has 0 unspecified atom stereocenters. The molecule has 0 saturated carbocycles. The summed E-state index contributed by atoms with van der Waals surface area (Å²) in [5.74, 6) is 0.390.